The second-order valence-electron chi connectivity index (χ2n) is 5.41. The van der Waals surface area contributed by atoms with E-state index in [9.17, 15) is 9.90 Å². The number of fused-ring (bicyclic) bond motifs is 1. The van der Waals surface area contributed by atoms with Crippen molar-refractivity contribution in [2.75, 3.05) is 26.2 Å². The van der Waals surface area contributed by atoms with Crippen LogP contribution in [0.15, 0.2) is 18.2 Å². The van der Waals surface area contributed by atoms with E-state index in [1.54, 1.807) is 12.1 Å². The molecule has 4 heteroatoms. The van der Waals surface area contributed by atoms with E-state index in [0.717, 1.165) is 31.7 Å². The number of likely N-dealkylation sites (tertiary alicyclic amines) is 1. The van der Waals surface area contributed by atoms with Gasteiger partial charge < -0.3 is 15.3 Å². The average Bonchev–Trinajstić information content (AvgIpc) is 2.87. The maximum Gasteiger partial charge on any atom is 0.257 e. The SMILES string of the molecule is Cc1ccc(C(=O)N2CC3CNCC3C2)c(O)c1. The maximum atomic E-state index is 12.4. The predicted octanol–water partition coefficient (Wildman–Crippen LogP) is 0.992. The number of phenolic OH excluding ortho intramolecular Hbond substituents is 1. The fourth-order valence-corrected chi connectivity index (χ4v) is 3.01. The Kier molecular flexibility index (Phi) is 2.74. The van der Waals surface area contributed by atoms with Crippen LogP contribution in [0.5, 0.6) is 5.75 Å². The monoisotopic (exact) mass is 246 g/mol. The Morgan fingerprint density at radius 1 is 1.33 bits per heavy atom. The second-order valence-corrected chi connectivity index (χ2v) is 5.41. The summed E-state index contributed by atoms with van der Waals surface area (Å²) in [5, 5.41) is 13.2. The summed E-state index contributed by atoms with van der Waals surface area (Å²) in [5.41, 5.74) is 1.39. The van der Waals surface area contributed by atoms with Crippen molar-refractivity contribution in [2.24, 2.45) is 11.8 Å². The molecule has 3 rings (SSSR count). The van der Waals surface area contributed by atoms with Gasteiger partial charge in [-0.1, -0.05) is 6.07 Å². The van der Waals surface area contributed by atoms with Crippen molar-refractivity contribution in [3.63, 3.8) is 0 Å². The van der Waals surface area contributed by atoms with Gasteiger partial charge in [0.05, 0.1) is 5.56 Å². The number of carbonyl (C=O) groups excluding carboxylic acids is 1. The van der Waals surface area contributed by atoms with Crippen LogP contribution in [-0.2, 0) is 0 Å². The molecule has 2 atom stereocenters. The van der Waals surface area contributed by atoms with Crippen LogP contribution in [0.25, 0.3) is 0 Å². The fraction of sp³-hybridized carbons (Fsp3) is 0.500. The number of nitrogens with zero attached hydrogens (tertiary/aromatic N) is 1. The molecule has 0 bridgehead atoms. The van der Waals surface area contributed by atoms with E-state index in [1.165, 1.54) is 0 Å². The van der Waals surface area contributed by atoms with Gasteiger partial charge in [0, 0.05) is 26.2 Å². The van der Waals surface area contributed by atoms with Crippen LogP contribution in [-0.4, -0.2) is 42.1 Å². The first-order valence-electron chi connectivity index (χ1n) is 6.45. The molecule has 2 unspecified atom stereocenters. The third-order valence-electron chi connectivity index (χ3n) is 4.06. The maximum absolute atomic E-state index is 12.4. The third kappa shape index (κ3) is 1.86. The number of amides is 1. The highest BCUT2D eigenvalue weighted by Crippen LogP contribution is 2.29. The van der Waals surface area contributed by atoms with E-state index in [2.05, 4.69) is 5.32 Å². The summed E-state index contributed by atoms with van der Waals surface area (Å²) < 4.78 is 0. The van der Waals surface area contributed by atoms with Gasteiger partial charge in [-0.25, -0.2) is 0 Å². The largest absolute Gasteiger partial charge is 0.507 e. The first-order chi connectivity index (χ1) is 8.65. The zero-order valence-corrected chi connectivity index (χ0v) is 10.5. The van der Waals surface area contributed by atoms with Gasteiger partial charge >= 0.3 is 0 Å². The van der Waals surface area contributed by atoms with Gasteiger partial charge in [0.25, 0.3) is 5.91 Å². The Morgan fingerprint density at radius 2 is 2.00 bits per heavy atom. The van der Waals surface area contributed by atoms with E-state index < -0.39 is 0 Å². The highest BCUT2D eigenvalue weighted by Gasteiger charge is 2.38. The lowest BCUT2D eigenvalue weighted by atomic mass is 10.0. The first-order valence-corrected chi connectivity index (χ1v) is 6.45. The number of benzene rings is 1. The summed E-state index contributed by atoms with van der Waals surface area (Å²) in [5.74, 6) is 1.22. The van der Waals surface area contributed by atoms with E-state index in [1.807, 2.05) is 17.9 Å². The molecule has 0 aliphatic carbocycles. The fourth-order valence-electron chi connectivity index (χ4n) is 3.01. The zero-order chi connectivity index (χ0) is 12.7. The van der Waals surface area contributed by atoms with Crippen LogP contribution in [0, 0.1) is 18.8 Å². The van der Waals surface area contributed by atoms with Gasteiger partial charge in [-0.15, -0.1) is 0 Å². The highest BCUT2D eigenvalue weighted by atomic mass is 16.3. The number of nitrogens with one attached hydrogen (secondary N) is 1. The third-order valence-corrected chi connectivity index (χ3v) is 4.06. The Balaban J connectivity index is 1.79. The standard InChI is InChI=1S/C14H18N2O2/c1-9-2-3-12(13(17)4-9)14(18)16-7-10-5-15-6-11(10)8-16/h2-4,10-11,15,17H,5-8H2,1H3. The Hall–Kier alpha value is -1.55. The van der Waals surface area contributed by atoms with Crippen LogP contribution < -0.4 is 5.32 Å². The van der Waals surface area contributed by atoms with Gasteiger partial charge in [-0.2, -0.15) is 0 Å². The molecule has 2 saturated heterocycles. The Bertz CT molecular complexity index is 475. The summed E-state index contributed by atoms with van der Waals surface area (Å²) in [4.78, 5) is 14.2. The molecule has 2 heterocycles. The molecule has 0 spiro atoms. The quantitative estimate of drug-likeness (QED) is 0.777. The molecule has 2 N–H and O–H groups in total. The van der Waals surface area contributed by atoms with Crippen molar-refractivity contribution in [3.05, 3.63) is 29.3 Å². The molecule has 4 nitrogen and oxygen atoms in total. The molecule has 2 fully saturated rings. The Labute approximate surface area is 107 Å². The summed E-state index contributed by atoms with van der Waals surface area (Å²) in [6, 6.07) is 5.23. The van der Waals surface area contributed by atoms with Gasteiger partial charge in [0.15, 0.2) is 0 Å². The van der Waals surface area contributed by atoms with E-state index in [4.69, 9.17) is 0 Å². The van der Waals surface area contributed by atoms with Crippen LogP contribution in [0.2, 0.25) is 0 Å². The molecule has 2 aliphatic rings. The summed E-state index contributed by atoms with van der Waals surface area (Å²) in [7, 11) is 0. The average molecular weight is 246 g/mol. The van der Waals surface area contributed by atoms with Crippen molar-refractivity contribution in [2.45, 2.75) is 6.92 Å². The van der Waals surface area contributed by atoms with Crippen LogP contribution >= 0.6 is 0 Å². The lowest BCUT2D eigenvalue weighted by molar-refractivity contribution is 0.0778. The minimum atomic E-state index is -0.0399. The zero-order valence-electron chi connectivity index (χ0n) is 10.5. The summed E-state index contributed by atoms with van der Waals surface area (Å²) in [6.07, 6.45) is 0. The molecular weight excluding hydrogens is 228 g/mol. The number of aryl methyl sites for hydroxylation is 1. The summed E-state index contributed by atoms with van der Waals surface area (Å²) >= 11 is 0. The minimum absolute atomic E-state index is 0.0399. The number of carbonyl (C=O) groups is 1. The van der Waals surface area contributed by atoms with Crippen LogP contribution in [0.3, 0.4) is 0 Å². The highest BCUT2D eigenvalue weighted by molar-refractivity contribution is 5.97. The smallest absolute Gasteiger partial charge is 0.257 e. The molecule has 1 amide bonds. The van der Waals surface area contributed by atoms with Gasteiger partial charge in [0.2, 0.25) is 0 Å². The van der Waals surface area contributed by atoms with E-state index in [-0.39, 0.29) is 11.7 Å². The molecule has 0 saturated carbocycles. The van der Waals surface area contributed by atoms with Crippen LogP contribution in [0.1, 0.15) is 15.9 Å². The summed E-state index contributed by atoms with van der Waals surface area (Å²) in [6.45, 7) is 5.54. The lowest BCUT2D eigenvalue weighted by Crippen LogP contribution is -2.31. The normalized spacial score (nSPS) is 26.4. The van der Waals surface area contributed by atoms with Crippen molar-refractivity contribution in [1.82, 2.24) is 10.2 Å². The molecule has 96 valence electrons. The van der Waals surface area contributed by atoms with Gasteiger partial charge in [-0.3, -0.25) is 4.79 Å². The Morgan fingerprint density at radius 3 is 2.61 bits per heavy atom. The number of hydrogen-bond donors (Lipinski definition) is 2. The molecule has 1 aromatic carbocycles. The molecule has 2 aliphatic heterocycles. The van der Waals surface area contributed by atoms with Crippen molar-refractivity contribution < 1.29 is 9.90 Å². The number of rotatable bonds is 1. The predicted molar refractivity (Wildman–Crippen MR) is 68.6 cm³/mol. The molecule has 0 radical (unpaired) electrons. The number of aromatic hydroxyl groups is 1. The molecular formula is C14H18N2O2. The molecule has 18 heavy (non-hydrogen) atoms. The van der Waals surface area contributed by atoms with Gasteiger partial charge in [-0.05, 0) is 36.5 Å². The lowest BCUT2D eigenvalue weighted by Gasteiger charge is -2.18. The minimum Gasteiger partial charge on any atom is -0.507 e. The van der Waals surface area contributed by atoms with Crippen LogP contribution in [0.4, 0.5) is 0 Å². The second kappa shape index (κ2) is 4.28. The number of hydrogen-bond acceptors (Lipinski definition) is 3. The first kappa shape index (κ1) is 11.5. The van der Waals surface area contributed by atoms with Crippen molar-refractivity contribution in [3.8, 4) is 5.75 Å². The van der Waals surface area contributed by atoms with E-state index >= 15 is 0 Å². The van der Waals surface area contributed by atoms with Crippen molar-refractivity contribution >= 4 is 5.91 Å². The van der Waals surface area contributed by atoms with E-state index in [0.29, 0.717) is 17.4 Å². The van der Waals surface area contributed by atoms with Gasteiger partial charge in [0.1, 0.15) is 5.75 Å². The topological polar surface area (TPSA) is 52.6 Å². The van der Waals surface area contributed by atoms with Crippen molar-refractivity contribution in [1.29, 1.82) is 0 Å². The molecule has 1 aromatic rings. The molecule has 0 aromatic heterocycles. The number of phenols is 1.